The minimum absolute atomic E-state index is 0.0215. The molecule has 0 unspecified atom stereocenters. The summed E-state index contributed by atoms with van der Waals surface area (Å²) in [4.78, 5) is 10.6. The van der Waals surface area contributed by atoms with Gasteiger partial charge in [-0.15, -0.1) is 0 Å². The van der Waals surface area contributed by atoms with Crippen LogP contribution < -0.4 is 20.3 Å². The van der Waals surface area contributed by atoms with Gasteiger partial charge in [0.25, 0.3) is 0 Å². The van der Waals surface area contributed by atoms with Crippen LogP contribution in [-0.4, -0.2) is 52.4 Å². The highest BCUT2D eigenvalue weighted by Crippen LogP contribution is 2.39. The number of aromatic nitrogens is 4. The van der Waals surface area contributed by atoms with Gasteiger partial charge in [-0.2, -0.15) is 5.10 Å². The molecule has 6 rings (SSSR count). The molecule has 0 spiro atoms. The molecule has 2 aliphatic heterocycles. The van der Waals surface area contributed by atoms with Gasteiger partial charge in [-0.05, 0) is 70.1 Å². The van der Waals surface area contributed by atoms with Gasteiger partial charge in [0.15, 0.2) is 17.4 Å². The van der Waals surface area contributed by atoms with E-state index in [-0.39, 0.29) is 23.4 Å². The Morgan fingerprint density at radius 1 is 1.11 bits per heavy atom. The molecule has 2 aromatic carbocycles. The van der Waals surface area contributed by atoms with Crippen LogP contribution in [0.15, 0.2) is 36.5 Å². The second-order valence-electron chi connectivity index (χ2n) is 9.85. The van der Waals surface area contributed by atoms with Crippen LogP contribution in [0.2, 0.25) is 0 Å². The lowest BCUT2D eigenvalue weighted by Crippen LogP contribution is -2.38. The van der Waals surface area contributed by atoms with Crippen LogP contribution in [0.25, 0.3) is 22.2 Å². The van der Waals surface area contributed by atoms with Gasteiger partial charge in [-0.1, -0.05) is 0 Å². The van der Waals surface area contributed by atoms with Crippen LogP contribution in [0.4, 0.5) is 26.1 Å². The summed E-state index contributed by atoms with van der Waals surface area (Å²) < 4.78 is 35.5. The van der Waals surface area contributed by atoms with E-state index in [2.05, 4.69) is 30.8 Å². The van der Waals surface area contributed by atoms with Crippen molar-refractivity contribution in [3.8, 4) is 17.0 Å². The van der Waals surface area contributed by atoms with Crippen molar-refractivity contribution in [2.75, 3.05) is 36.5 Å². The Kier molecular flexibility index (Phi) is 6.11. The number of halogens is 2. The van der Waals surface area contributed by atoms with Gasteiger partial charge >= 0.3 is 0 Å². The van der Waals surface area contributed by atoms with E-state index in [9.17, 15) is 8.78 Å². The lowest BCUT2D eigenvalue weighted by atomic mass is 9.92. The monoisotopic (exact) mass is 505 g/mol. The summed E-state index contributed by atoms with van der Waals surface area (Å²) in [6, 6.07) is 9.00. The van der Waals surface area contributed by atoms with Crippen LogP contribution in [0.1, 0.15) is 38.3 Å². The molecule has 192 valence electrons. The van der Waals surface area contributed by atoms with Crippen molar-refractivity contribution in [1.82, 2.24) is 25.5 Å². The topological polar surface area (TPSA) is 91.0 Å². The van der Waals surface area contributed by atoms with Crippen molar-refractivity contribution in [2.24, 2.45) is 0 Å². The molecule has 0 aliphatic carbocycles. The predicted octanol–water partition coefficient (Wildman–Crippen LogP) is 5.12. The number of nitrogens with zero attached hydrogens (tertiary/aromatic N) is 4. The van der Waals surface area contributed by atoms with Crippen molar-refractivity contribution in [2.45, 2.75) is 38.6 Å². The van der Waals surface area contributed by atoms with Crippen LogP contribution >= 0.6 is 0 Å². The number of hydrogen-bond acceptors (Lipinski definition) is 7. The molecular formula is C27H29F2N7O. The average molecular weight is 506 g/mol. The zero-order valence-corrected chi connectivity index (χ0v) is 20.8. The van der Waals surface area contributed by atoms with E-state index in [1.807, 2.05) is 36.9 Å². The highest BCUT2D eigenvalue weighted by atomic mass is 19.1. The summed E-state index contributed by atoms with van der Waals surface area (Å²) in [6.07, 6.45) is 3.19. The molecule has 1 saturated heterocycles. The number of rotatable bonds is 5. The number of aromatic amines is 1. The normalized spacial score (nSPS) is 16.2. The fourth-order valence-corrected chi connectivity index (χ4v) is 5.25. The second-order valence-corrected chi connectivity index (χ2v) is 9.85. The smallest absolute Gasteiger partial charge is 0.227 e. The third-order valence-electron chi connectivity index (χ3n) is 7.13. The molecule has 2 aliphatic rings. The first kappa shape index (κ1) is 23.6. The number of anilines is 3. The number of piperidine rings is 1. The number of fused-ring (bicyclic) bond motifs is 2. The standard InChI is InChI=1S/C27H29F2N7O/c1-15(2)36-9-10-37-26-20(28)11-17(12-23(26)36)25-21(29)14-31-27(33-25)32-18-3-4-22-19(13-18)24(35-34-22)16-5-7-30-8-6-16/h3-4,11-16,30H,5-10H2,1-2H3,(H,34,35)(H,31,32,33). The molecule has 2 aromatic heterocycles. The predicted molar refractivity (Wildman–Crippen MR) is 140 cm³/mol. The van der Waals surface area contributed by atoms with Crippen molar-refractivity contribution in [3.05, 3.63) is 53.9 Å². The largest absolute Gasteiger partial charge is 0.486 e. The maximum atomic E-state index is 15.0. The Balaban J connectivity index is 1.33. The molecular weight excluding hydrogens is 476 g/mol. The summed E-state index contributed by atoms with van der Waals surface area (Å²) in [7, 11) is 0. The highest BCUT2D eigenvalue weighted by molar-refractivity contribution is 5.86. The molecule has 37 heavy (non-hydrogen) atoms. The number of H-pyrrole nitrogens is 1. The van der Waals surface area contributed by atoms with Gasteiger partial charge in [0.1, 0.15) is 12.3 Å². The Labute approximate surface area is 213 Å². The Morgan fingerprint density at radius 2 is 1.95 bits per heavy atom. The van der Waals surface area contributed by atoms with E-state index in [0.29, 0.717) is 30.3 Å². The van der Waals surface area contributed by atoms with Gasteiger partial charge in [-0.3, -0.25) is 5.10 Å². The summed E-state index contributed by atoms with van der Waals surface area (Å²) in [5.41, 5.74) is 3.72. The van der Waals surface area contributed by atoms with Gasteiger partial charge in [0, 0.05) is 28.6 Å². The molecule has 0 saturated carbocycles. The van der Waals surface area contributed by atoms with E-state index in [4.69, 9.17) is 4.74 Å². The Morgan fingerprint density at radius 3 is 2.76 bits per heavy atom. The maximum absolute atomic E-state index is 15.0. The summed E-state index contributed by atoms with van der Waals surface area (Å²) in [5, 5.41) is 15.3. The van der Waals surface area contributed by atoms with Crippen molar-refractivity contribution < 1.29 is 13.5 Å². The first-order chi connectivity index (χ1) is 18.0. The van der Waals surface area contributed by atoms with Crippen LogP contribution in [0.5, 0.6) is 5.75 Å². The molecule has 4 heterocycles. The van der Waals surface area contributed by atoms with E-state index in [0.717, 1.165) is 54.4 Å². The number of ether oxygens (including phenoxy) is 1. The maximum Gasteiger partial charge on any atom is 0.227 e. The molecule has 1 fully saturated rings. The summed E-state index contributed by atoms with van der Waals surface area (Å²) in [5.74, 6) is -0.364. The average Bonchev–Trinajstić information content (AvgIpc) is 3.33. The summed E-state index contributed by atoms with van der Waals surface area (Å²) in [6.45, 7) is 7.04. The minimum atomic E-state index is -0.629. The lowest BCUT2D eigenvalue weighted by Gasteiger charge is -2.34. The van der Waals surface area contributed by atoms with Crippen LogP contribution in [-0.2, 0) is 0 Å². The van der Waals surface area contributed by atoms with Gasteiger partial charge in [0.2, 0.25) is 5.95 Å². The zero-order chi connectivity index (χ0) is 25.5. The van der Waals surface area contributed by atoms with E-state index in [1.165, 1.54) is 6.07 Å². The molecule has 0 amide bonds. The molecule has 8 nitrogen and oxygen atoms in total. The van der Waals surface area contributed by atoms with Gasteiger partial charge in [-0.25, -0.2) is 18.7 Å². The molecule has 3 N–H and O–H groups in total. The summed E-state index contributed by atoms with van der Waals surface area (Å²) >= 11 is 0. The Bertz CT molecular complexity index is 1450. The fraction of sp³-hybridized carbons (Fsp3) is 0.370. The van der Waals surface area contributed by atoms with Crippen molar-refractivity contribution >= 4 is 28.2 Å². The fourth-order valence-electron chi connectivity index (χ4n) is 5.25. The van der Waals surface area contributed by atoms with E-state index in [1.54, 1.807) is 6.07 Å². The van der Waals surface area contributed by atoms with Crippen molar-refractivity contribution in [1.29, 1.82) is 0 Å². The van der Waals surface area contributed by atoms with E-state index >= 15 is 0 Å². The molecule has 4 aromatic rings. The van der Waals surface area contributed by atoms with Crippen LogP contribution in [0.3, 0.4) is 0 Å². The first-order valence-corrected chi connectivity index (χ1v) is 12.7. The number of benzene rings is 2. The van der Waals surface area contributed by atoms with Gasteiger partial charge < -0.3 is 20.3 Å². The zero-order valence-electron chi connectivity index (χ0n) is 20.8. The number of nitrogens with one attached hydrogen (secondary N) is 3. The molecule has 10 heteroatoms. The van der Waals surface area contributed by atoms with Crippen molar-refractivity contribution in [3.63, 3.8) is 0 Å². The van der Waals surface area contributed by atoms with E-state index < -0.39 is 11.6 Å². The highest BCUT2D eigenvalue weighted by Gasteiger charge is 2.26. The van der Waals surface area contributed by atoms with Crippen LogP contribution in [0, 0.1) is 11.6 Å². The SMILES string of the molecule is CC(C)N1CCOc2c(F)cc(-c3nc(Nc4ccc5[nH]nc(C6CCNCC6)c5c4)ncc3F)cc21. The van der Waals surface area contributed by atoms with Gasteiger partial charge in [0.05, 0.1) is 29.6 Å². The quantitative estimate of drug-likeness (QED) is 0.347. The third kappa shape index (κ3) is 4.46. The molecule has 0 atom stereocenters. The molecule has 0 bridgehead atoms. The first-order valence-electron chi connectivity index (χ1n) is 12.7. The Hall–Kier alpha value is -3.79. The molecule has 0 radical (unpaired) electrons. The third-order valence-corrected chi connectivity index (χ3v) is 7.13. The minimum Gasteiger partial charge on any atom is -0.486 e. The number of hydrogen-bond donors (Lipinski definition) is 3. The lowest BCUT2D eigenvalue weighted by molar-refractivity contribution is 0.287. The second kappa shape index (κ2) is 9.59.